The number of carbonyl (C=O) groups is 2. The van der Waals surface area contributed by atoms with Crippen LogP contribution in [0.15, 0.2) is 0 Å². The summed E-state index contributed by atoms with van der Waals surface area (Å²) in [5.41, 5.74) is 0.706. The quantitative estimate of drug-likeness (QED) is 0.882. The lowest BCUT2D eigenvalue weighted by Crippen LogP contribution is -2.37. The van der Waals surface area contributed by atoms with Crippen LogP contribution in [0.3, 0.4) is 0 Å². The van der Waals surface area contributed by atoms with Crippen LogP contribution < -0.4 is 0 Å². The summed E-state index contributed by atoms with van der Waals surface area (Å²) in [5.74, 6) is -1.15. The fourth-order valence-corrected chi connectivity index (χ4v) is 2.79. The van der Waals surface area contributed by atoms with Crippen molar-refractivity contribution in [2.75, 3.05) is 6.54 Å². The number of hydrogen-bond donors (Lipinski definition) is 1. The van der Waals surface area contributed by atoms with Gasteiger partial charge in [-0.25, -0.2) is 4.98 Å². The summed E-state index contributed by atoms with van der Waals surface area (Å²) < 4.78 is 0. The largest absolute Gasteiger partial charge is 0.480 e. The van der Waals surface area contributed by atoms with Gasteiger partial charge in [0.05, 0.1) is 10.7 Å². The first kappa shape index (κ1) is 13.0. The molecular weight excluding hydrogens is 252 g/mol. The minimum absolute atomic E-state index is 0.0974. The molecule has 1 heterocycles. The molecule has 1 N–H and O–H groups in total. The highest BCUT2D eigenvalue weighted by atomic mass is 32.1. The van der Waals surface area contributed by atoms with E-state index in [2.05, 4.69) is 4.98 Å². The lowest BCUT2D eigenvalue weighted by atomic mass is 10.3. The van der Waals surface area contributed by atoms with Crippen molar-refractivity contribution in [1.29, 1.82) is 0 Å². The van der Waals surface area contributed by atoms with E-state index in [1.807, 2.05) is 6.92 Å². The third-order valence-corrected chi connectivity index (χ3v) is 4.18. The maximum atomic E-state index is 12.3. The number of aromatic nitrogens is 1. The van der Waals surface area contributed by atoms with Gasteiger partial charge in [-0.1, -0.05) is 6.92 Å². The Morgan fingerprint density at radius 1 is 1.50 bits per heavy atom. The number of nitrogens with zero attached hydrogens (tertiary/aromatic N) is 2. The molecule has 1 aliphatic carbocycles. The van der Waals surface area contributed by atoms with Crippen molar-refractivity contribution in [1.82, 2.24) is 9.88 Å². The molecular formula is C12H16N2O3S. The van der Waals surface area contributed by atoms with Gasteiger partial charge >= 0.3 is 5.97 Å². The second kappa shape index (κ2) is 5.06. The van der Waals surface area contributed by atoms with Gasteiger partial charge in [0, 0.05) is 6.04 Å². The number of amides is 1. The summed E-state index contributed by atoms with van der Waals surface area (Å²) >= 11 is 1.37. The third kappa shape index (κ3) is 2.69. The van der Waals surface area contributed by atoms with E-state index >= 15 is 0 Å². The summed E-state index contributed by atoms with van der Waals surface area (Å²) in [5, 5.41) is 9.79. The highest BCUT2D eigenvalue weighted by Crippen LogP contribution is 2.30. The van der Waals surface area contributed by atoms with Crippen molar-refractivity contribution in [2.24, 2.45) is 0 Å². The van der Waals surface area contributed by atoms with Crippen molar-refractivity contribution >= 4 is 23.2 Å². The van der Waals surface area contributed by atoms with Crippen LogP contribution in [-0.4, -0.2) is 39.5 Å². The predicted molar refractivity (Wildman–Crippen MR) is 67.9 cm³/mol. The minimum Gasteiger partial charge on any atom is -0.480 e. The monoisotopic (exact) mass is 268 g/mol. The van der Waals surface area contributed by atoms with Gasteiger partial charge in [0.25, 0.3) is 5.91 Å². The zero-order valence-electron chi connectivity index (χ0n) is 10.5. The second-order valence-corrected chi connectivity index (χ2v) is 5.52. The van der Waals surface area contributed by atoms with Gasteiger partial charge in [-0.2, -0.15) is 0 Å². The Morgan fingerprint density at radius 3 is 2.61 bits per heavy atom. The molecule has 0 atom stereocenters. The predicted octanol–water partition coefficient (Wildman–Crippen LogP) is 1.70. The van der Waals surface area contributed by atoms with Gasteiger partial charge in [0.2, 0.25) is 0 Å². The number of aryl methyl sites for hydroxylation is 2. The average molecular weight is 268 g/mol. The van der Waals surface area contributed by atoms with Gasteiger partial charge in [-0.15, -0.1) is 11.3 Å². The molecule has 0 bridgehead atoms. The highest BCUT2D eigenvalue weighted by molar-refractivity contribution is 7.13. The number of hydrogen-bond acceptors (Lipinski definition) is 4. The van der Waals surface area contributed by atoms with Crippen LogP contribution in [0.1, 0.15) is 40.1 Å². The van der Waals surface area contributed by atoms with E-state index in [-0.39, 0.29) is 18.5 Å². The first-order valence-corrected chi connectivity index (χ1v) is 6.83. The molecule has 2 rings (SSSR count). The Kier molecular flexibility index (Phi) is 3.65. The molecule has 0 aromatic carbocycles. The van der Waals surface area contributed by atoms with E-state index in [4.69, 9.17) is 5.11 Å². The van der Waals surface area contributed by atoms with Crippen molar-refractivity contribution in [3.8, 4) is 0 Å². The van der Waals surface area contributed by atoms with Crippen LogP contribution in [0.4, 0.5) is 0 Å². The number of carboxylic acids is 1. The summed E-state index contributed by atoms with van der Waals surface area (Å²) in [6.07, 6.45) is 2.59. The first-order valence-electron chi connectivity index (χ1n) is 6.02. The van der Waals surface area contributed by atoms with Crippen LogP contribution in [-0.2, 0) is 11.2 Å². The fourth-order valence-electron chi connectivity index (χ4n) is 1.83. The highest BCUT2D eigenvalue weighted by Gasteiger charge is 2.35. The maximum Gasteiger partial charge on any atom is 0.323 e. The van der Waals surface area contributed by atoms with E-state index in [1.54, 1.807) is 6.92 Å². The zero-order chi connectivity index (χ0) is 13.3. The summed E-state index contributed by atoms with van der Waals surface area (Å²) in [6, 6.07) is 0.0974. The molecule has 0 saturated heterocycles. The SMILES string of the molecule is CCc1nc(C)c(C(=O)N(CC(=O)O)C2CC2)s1. The number of aliphatic carboxylic acids is 1. The minimum atomic E-state index is -0.965. The summed E-state index contributed by atoms with van der Waals surface area (Å²) in [7, 11) is 0. The molecule has 0 aliphatic heterocycles. The van der Waals surface area contributed by atoms with Crippen LogP contribution in [0.5, 0.6) is 0 Å². The molecule has 1 aliphatic rings. The summed E-state index contributed by atoms with van der Waals surface area (Å²) in [6.45, 7) is 3.57. The number of carboxylic acid groups (broad SMARTS) is 1. The van der Waals surface area contributed by atoms with Crippen molar-refractivity contribution in [3.63, 3.8) is 0 Å². The van der Waals surface area contributed by atoms with E-state index < -0.39 is 5.97 Å². The van der Waals surface area contributed by atoms with E-state index in [0.29, 0.717) is 10.6 Å². The van der Waals surface area contributed by atoms with E-state index in [9.17, 15) is 9.59 Å². The van der Waals surface area contributed by atoms with E-state index in [1.165, 1.54) is 16.2 Å². The molecule has 1 saturated carbocycles. The Morgan fingerprint density at radius 2 is 2.17 bits per heavy atom. The van der Waals surface area contributed by atoms with Crippen molar-refractivity contribution < 1.29 is 14.7 Å². The Balaban J connectivity index is 2.21. The molecule has 5 nitrogen and oxygen atoms in total. The normalized spacial score (nSPS) is 14.6. The number of thiazole rings is 1. The lowest BCUT2D eigenvalue weighted by molar-refractivity contribution is -0.137. The van der Waals surface area contributed by atoms with Gasteiger partial charge in [-0.05, 0) is 26.2 Å². The molecule has 6 heteroatoms. The fraction of sp³-hybridized carbons (Fsp3) is 0.583. The van der Waals surface area contributed by atoms with Crippen LogP contribution >= 0.6 is 11.3 Å². The molecule has 1 fully saturated rings. The maximum absolute atomic E-state index is 12.3. The molecule has 18 heavy (non-hydrogen) atoms. The molecule has 0 unspecified atom stereocenters. The van der Waals surface area contributed by atoms with Gasteiger partial charge < -0.3 is 10.0 Å². The lowest BCUT2D eigenvalue weighted by Gasteiger charge is -2.19. The van der Waals surface area contributed by atoms with E-state index in [0.717, 1.165) is 24.3 Å². The summed E-state index contributed by atoms with van der Waals surface area (Å²) in [4.78, 5) is 29.5. The Labute approximate surface area is 109 Å². The second-order valence-electron chi connectivity index (χ2n) is 4.43. The molecule has 1 amide bonds. The van der Waals surface area contributed by atoms with Crippen LogP contribution in [0, 0.1) is 6.92 Å². The van der Waals surface area contributed by atoms with Gasteiger partial charge in [0.15, 0.2) is 0 Å². The van der Waals surface area contributed by atoms with Gasteiger partial charge in [-0.3, -0.25) is 9.59 Å². The zero-order valence-corrected chi connectivity index (χ0v) is 11.3. The number of rotatable bonds is 5. The smallest absolute Gasteiger partial charge is 0.323 e. The van der Waals surface area contributed by atoms with Crippen molar-refractivity contribution in [3.05, 3.63) is 15.6 Å². The average Bonchev–Trinajstić information content (AvgIpc) is 3.08. The first-order chi connectivity index (χ1) is 8.52. The molecule has 1 aromatic rings. The van der Waals surface area contributed by atoms with Gasteiger partial charge in [0.1, 0.15) is 11.4 Å². The number of carbonyl (C=O) groups excluding carboxylic acids is 1. The molecule has 0 radical (unpaired) electrons. The van der Waals surface area contributed by atoms with Crippen LogP contribution in [0.25, 0.3) is 0 Å². The standard InChI is InChI=1S/C12H16N2O3S/c1-3-9-13-7(2)11(18-9)12(17)14(6-10(15)16)8-4-5-8/h8H,3-6H2,1-2H3,(H,15,16). The Bertz CT molecular complexity index is 480. The Hall–Kier alpha value is -1.43. The third-order valence-electron chi connectivity index (χ3n) is 2.89. The van der Waals surface area contributed by atoms with Crippen LogP contribution in [0.2, 0.25) is 0 Å². The molecule has 98 valence electrons. The molecule has 1 aromatic heterocycles. The van der Waals surface area contributed by atoms with Crippen molar-refractivity contribution in [2.45, 2.75) is 39.2 Å². The topological polar surface area (TPSA) is 70.5 Å². The molecule has 0 spiro atoms.